The van der Waals surface area contributed by atoms with Gasteiger partial charge in [0.25, 0.3) is 0 Å². The number of rotatable bonds is 2. The molecule has 1 atom stereocenters. The van der Waals surface area contributed by atoms with Crippen molar-refractivity contribution >= 4 is 22.4 Å². The monoisotopic (exact) mass is 255 g/mol. The first kappa shape index (κ1) is 12.3. The van der Waals surface area contributed by atoms with Gasteiger partial charge in [0, 0.05) is 19.1 Å². The zero-order valence-corrected chi connectivity index (χ0v) is 10.7. The number of anilines is 1. The Hall–Kier alpha value is -1.14. The van der Waals surface area contributed by atoms with Gasteiger partial charge < -0.3 is 15.4 Å². The maximum absolute atomic E-state index is 11.3. The zero-order chi connectivity index (χ0) is 12.3. The maximum Gasteiger partial charge on any atom is 0.349 e. The fourth-order valence-electron chi connectivity index (χ4n) is 1.92. The Bertz CT molecular complexity index is 394. The number of thiazole rings is 1. The Morgan fingerprint density at radius 3 is 3.18 bits per heavy atom. The number of methoxy groups -OCH3 is 1. The zero-order valence-electron chi connectivity index (χ0n) is 9.89. The molecule has 6 heteroatoms. The highest BCUT2D eigenvalue weighted by Crippen LogP contribution is 2.25. The van der Waals surface area contributed by atoms with Crippen LogP contribution in [0, 0.1) is 0 Å². The first-order valence-corrected chi connectivity index (χ1v) is 6.57. The van der Waals surface area contributed by atoms with E-state index in [4.69, 9.17) is 5.73 Å². The molecule has 1 aromatic heterocycles. The number of ether oxygens (including phenoxy) is 1. The smallest absolute Gasteiger partial charge is 0.349 e. The number of carbonyl (C=O) groups is 1. The van der Waals surface area contributed by atoms with E-state index in [-0.39, 0.29) is 5.97 Å². The van der Waals surface area contributed by atoms with Crippen LogP contribution in [-0.2, 0) is 4.74 Å². The Labute approximate surface area is 105 Å². The number of aromatic nitrogens is 1. The lowest BCUT2D eigenvalue weighted by Crippen LogP contribution is -2.26. The van der Waals surface area contributed by atoms with E-state index >= 15 is 0 Å². The van der Waals surface area contributed by atoms with Crippen LogP contribution in [0.5, 0.6) is 0 Å². The third-order valence-corrected chi connectivity index (χ3v) is 3.96. The molecule has 1 unspecified atom stereocenters. The summed E-state index contributed by atoms with van der Waals surface area (Å²) in [6.45, 7) is 1.87. The van der Waals surface area contributed by atoms with Crippen LogP contribution in [0.4, 0.5) is 5.13 Å². The molecule has 5 nitrogen and oxygen atoms in total. The van der Waals surface area contributed by atoms with Gasteiger partial charge in [-0.15, -0.1) is 0 Å². The highest BCUT2D eigenvalue weighted by molar-refractivity contribution is 7.17. The van der Waals surface area contributed by atoms with Crippen LogP contribution in [0.2, 0.25) is 0 Å². The van der Waals surface area contributed by atoms with E-state index in [9.17, 15) is 4.79 Å². The summed E-state index contributed by atoms with van der Waals surface area (Å²) < 4.78 is 4.67. The van der Waals surface area contributed by atoms with Gasteiger partial charge in [-0.05, 0) is 19.3 Å². The Morgan fingerprint density at radius 1 is 1.59 bits per heavy atom. The fraction of sp³-hybridized carbons (Fsp3) is 0.636. The Kier molecular flexibility index (Phi) is 3.96. The van der Waals surface area contributed by atoms with Crippen molar-refractivity contribution in [2.45, 2.75) is 25.3 Å². The summed E-state index contributed by atoms with van der Waals surface area (Å²) >= 11 is 1.38. The van der Waals surface area contributed by atoms with Crippen molar-refractivity contribution in [1.82, 2.24) is 4.98 Å². The second-order valence-electron chi connectivity index (χ2n) is 4.18. The lowest BCUT2D eigenvalue weighted by Gasteiger charge is -2.18. The lowest BCUT2D eigenvalue weighted by molar-refractivity contribution is 0.0606. The molecule has 1 saturated heterocycles. The van der Waals surface area contributed by atoms with Crippen LogP contribution < -0.4 is 10.6 Å². The number of nitrogens with two attached hydrogens (primary N) is 1. The van der Waals surface area contributed by atoms with Crippen molar-refractivity contribution in [3.8, 4) is 0 Å². The summed E-state index contributed by atoms with van der Waals surface area (Å²) in [7, 11) is 1.38. The minimum absolute atomic E-state index is 0.292. The average Bonchev–Trinajstić information content (AvgIpc) is 2.72. The topological polar surface area (TPSA) is 68.5 Å². The van der Waals surface area contributed by atoms with Crippen LogP contribution in [0.15, 0.2) is 6.20 Å². The van der Waals surface area contributed by atoms with E-state index in [0.717, 1.165) is 37.5 Å². The number of esters is 1. The molecule has 17 heavy (non-hydrogen) atoms. The minimum Gasteiger partial charge on any atom is -0.465 e. The summed E-state index contributed by atoms with van der Waals surface area (Å²) in [4.78, 5) is 18.4. The highest BCUT2D eigenvalue weighted by atomic mass is 32.1. The van der Waals surface area contributed by atoms with E-state index in [1.54, 1.807) is 6.20 Å². The molecule has 1 aromatic rings. The molecule has 2 N–H and O–H groups in total. The molecule has 0 radical (unpaired) electrons. The predicted molar refractivity (Wildman–Crippen MR) is 67.5 cm³/mol. The SMILES string of the molecule is COC(=O)c1cnc(N2CCCC(N)CC2)s1. The lowest BCUT2D eigenvalue weighted by atomic mass is 10.1. The van der Waals surface area contributed by atoms with Crippen molar-refractivity contribution in [3.63, 3.8) is 0 Å². The first-order chi connectivity index (χ1) is 8.20. The highest BCUT2D eigenvalue weighted by Gasteiger charge is 2.18. The molecule has 0 amide bonds. The summed E-state index contributed by atoms with van der Waals surface area (Å²) in [6, 6.07) is 0.292. The van der Waals surface area contributed by atoms with Crippen molar-refractivity contribution in [2.75, 3.05) is 25.1 Å². The molecule has 1 fully saturated rings. The van der Waals surface area contributed by atoms with Gasteiger partial charge in [-0.25, -0.2) is 9.78 Å². The Morgan fingerprint density at radius 2 is 2.41 bits per heavy atom. The summed E-state index contributed by atoms with van der Waals surface area (Å²) in [5.41, 5.74) is 5.93. The van der Waals surface area contributed by atoms with Crippen LogP contribution in [0.25, 0.3) is 0 Å². The van der Waals surface area contributed by atoms with Crippen molar-refractivity contribution in [1.29, 1.82) is 0 Å². The van der Waals surface area contributed by atoms with Crippen molar-refractivity contribution in [3.05, 3.63) is 11.1 Å². The molecule has 94 valence electrons. The standard InChI is InChI=1S/C11H17N3O2S/c1-16-10(15)9-7-13-11(17-9)14-5-2-3-8(12)4-6-14/h7-8H,2-6,12H2,1H3. The van der Waals surface area contributed by atoms with E-state index in [1.807, 2.05) is 0 Å². The summed E-state index contributed by atoms with van der Waals surface area (Å²) in [6.07, 6.45) is 4.70. The first-order valence-electron chi connectivity index (χ1n) is 5.75. The van der Waals surface area contributed by atoms with Gasteiger partial charge in [-0.3, -0.25) is 0 Å². The van der Waals surface area contributed by atoms with Gasteiger partial charge >= 0.3 is 5.97 Å². The largest absolute Gasteiger partial charge is 0.465 e. The molecule has 0 bridgehead atoms. The molecule has 0 aliphatic carbocycles. The maximum atomic E-state index is 11.3. The third kappa shape index (κ3) is 2.95. The molecule has 0 saturated carbocycles. The molecule has 1 aliphatic rings. The van der Waals surface area contributed by atoms with Crippen LogP contribution in [-0.4, -0.2) is 37.2 Å². The molecular formula is C11H17N3O2S. The summed E-state index contributed by atoms with van der Waals surface area (Å²) in [5.74, 6) is -0.319. The van der Waals surface area contributed by atoms with E-state index in [2.05, 4.69) is 14.6 Å². The van der Waals surface area contributed by atoms with Gasteiger partial charge in [0.15, 0.2) is 5.13 Å². The molecule has 1 aliphatic heterocycles. The Balaban J connectivity index is 2.06. The molecule has 2 rings (SSSR count). The fourth-order valence-corrected chi connectivity index (χ4v) is 2.81. The molecule has 2 heterocycles. The van der Waals surface area contributed by atoms with Gasteiger partial charge in [0.1, 0.15) is 4.88 Å². The van der Waals surface area contributed by atoms with Gasteiger partial charge in [-0.2, -0.15) is 0 Å². The van der Waals surface area contributed by atoms with Crippen LogP contribution in [0.1, 0.15) is 28.9 Å². The van der Waals surface area contributed by atoms with E-state index < -0.39 is 0 Å². The number of nitrogens with zero attached hydrogens (tertiary/aromatic N) is 2. The van der Waals surface area contributed by atoms with Crippen molar-refractivity contribution < 1.29 is 9.53 Å². The third-order valence-electron chi connectivity index (χ3n) is 2.92. The van der Waals surface area contributed by atoms with Crippen LogP contribution in [0.3, 0.4) is 0 Å². The summed E-state index contributed by atoms with van der Waals surface area (Å²) in [5, 5.41) is 0.888. The van der Waals surface area contributed by atoms with Gasteiger partial charge in [0.05, 0.1) is 13.3 Å². The minimum atomic E-state index is -0.319. The molecule has 0 spiro atoms. The molecular weight excluding hydrogens is 238 g/mol. The van der Waals surface area contributed by atoms with Crippen molar-refractivity contribution in [2.24, 2.45) is 5.73 Å². The van der Waals surface area contributed by atoms with E-state index in [0.29, 0.717) is 10.9 Å². The second-order valence-corrected chi connectivity index (χ2v) is 5.19. The second kappa shape index (κ2) is 5.46. The number of hydrogen-bond acceptors (Lipinski definition) is 6. The average molecular weight is 255 g/mol. The molecule has 0 aromatic carbocycles. The van der Waals surface area contributed by atoms with E-state index in [1.165, 1.54) is 18.4 Å². The number of hydrogen-bond donors (Lipinski definition) is 1. The predicted octanol–water partition coefficient (Wildman–Crippen LogP) is 1.25. The van der Waals surface area contributed by atoms with Gasteiger partial charge in [0.2, 0.25) is 0 Å². The van der Waals surface area contributed by atoms with Gasteiger partial charge in [-0.1, -0.05) is 11.3 Å². The van der Waals surface area contributed by atoms with Crippen LogP contribution >= 0.6 is 11.3 Å². The normalized spacial score (nSPS) is 21.1. The number of carbonyl (C=O) groups excluding carboxylic acids is 1. The quantitative estimate of drug-likeness (QED) is 0.805.